The molecule has 0 rings (SSSR count). The fourth-order valence-electron chi connectivity index (χ4n) is 0.812. The predicted molar refractivity (Wildman–Crippen MR) is 41.8 cm³/mol. The van der Waals surface area contributed by atoms with E-state index in [4.69, 9.17) is 0 Å². The Bertz CT molecular complexity index is 245. The van der Waals surface area contributed by atoms with Gasteiger partial charge in [0.05, 0.1) is 7.11 Å². The van der Waals surface area contributed by atoms with Crippen molar-refractivity contribution in [2.75, 3.05) is 13.7 Å². The first-order valence-electron chi connectivity index (χ1n) is 4.19. The number of ether oxygens (including phenoxy) is 1. The molecule has 0 saturated heterocycles. The molecule has 0 aromatic carbocycles. The van der Waals surface area contributed by atoms with Crippen molar-refractivity contribution < 1.29 is 40.7 Å². The molecule has 0 saturated carbocycles. The van der Waals surface area contributed by atoms with Crippen LogP contribution in [0.2, 0.25) is 0 Å². The standard InChI is InChI=1S/C7H9F6NO3/c1-3-14(16-2)5(15)17-4(6(8,9)10)7(11,12)13/h4H,3H2,1-2H3. The number of halogens is 6. The Kier molecular flexibility index (Phi) is 5.05. The second-order valence-electron chi connectivity index (χ2n) is 2.72. The van der Waals surface area contributed by atoms with Crippen LogP contribution in [0.3, 0.4) is 0 Å². The van der Waals surface area contributed by atoms with Gasteiger partial charge in [-0.25, -0.2) is 4.79 Å². The molecule has 0 N–H and O–H groups in total. The van der Waals surface area contributed by atoms with Crippen molar-refractivity contribution in [2.45, 2.75) is 25.4 Å². The molecule has 1 amide bonds. The highest BCUT2D eigenvalue weighted by Crippen LogP contribution is 2.35. The number of amides is 1. The van der Waals surface area contributed by atoms with Crippen molar-refractivity contribution in [3.8, 4) is 0 Å². The van der Waals surface area contributed by atoms with Crippen molar-refractivity contribution in [3.05, 3.63) is 0 Å². The first-order chi connectivity index (χ1) is 7.54. The van der Waals surface area contributed by atoms with Crippen LogP contribution in [-0.2, 0) is 9.57 Å². The minimum Gasteiger partial charge on any atom is -0.425 e. The minimum atomic E-state index is -5.74. The van der Waals surface area contributed by atoms with E-state index in [1.807, 2.05) is 0 Å². The number of hydrogen-bond acceptors (Lipinski definition) is 3. The van der Waals surface area contributed by atoms with Crippen molar-refractivity contribution in [3.63, 3.8) is 0 Å². The zero-order valence-corrected chi connectivity index (χ0v) is 8.72. The van der Waals surface area contributed by atoms with Crippen LogP contribution in [0, 0.1) is 0 Å². The molecule has 0 atom stereocenters. The third-order valence-electron chi connectivity index (χ3n) is 1.52. The van der Waals surface area contributed by atoms with E-state index in [0.29, 0.717) is 0 Å². The van der Waals surface area contributed by atoms with Crippen LogP contribution in [-0.4, -0.2) is 43.3 Å². The van der Waals surface area contributed by atoms with E-state index in [1.54, 1.807) is 0 Å². The van der Waals surface area contributed by atoms with Gasteiger partial charge in [-0.2, -0.15) is 31.4 Å². The van der Waals surface area contributed by atoms with Crippen LogP contribution in [0.5, 0.6) is 0 Å². The van der Waals surface area contributed by atoms with Crippen LogP contribution in [0.1, 0.15) is 6.92 Å². The monoisotopic (exact) mass is 269 g/mol. The molecule has 0 unspecified atom stereocenters. The van der Waals surface area contributed by atoms with E-state index in [1.165, 1.54) is 6.92 Å². The lowest BCUT2D eigenvalue weighted by Crippen LogP contribution is -2.48. The van der Waals surface area contributed by atoms with E-state index in [0.717, 1.165) is 7.11 Å². The van der Waals surface area contributed by atoms with Gasteiger partial charge in [0.25, 0.3) is 6.10 Å². The summed E-state index contributed by atoms with van der Waals surface area (Å²) in [5.74, 6) is 0. The number of rotatable bonds is 3. The third-order valence-corrected chi connectivity index (χ3v) is 1.52. The number of hydroxylamine groups is 2. The molecule has 4 nitrogen and oxygen atoms in total. The van der Waals surface area contributed by atoms with E-state index in [-0.39, 0.29) is 11.6 Å². The Morgan fingerprint density at radius 3 is 1.82 bits per heavy atom. The van der Waals surface area contributed by atoms with Crippen molar-refractivity contribution in [1.29, 1.82) is 0 Å². The van der Waals surface area contributed by atoms with Gasteiger partial charge in [-0.1, -0.05) is 0 Å². The Hall–Kier alpha value is -1.19. The predicted octanol–water partition coefficient (Wildman–Crippen LogP) is 2.50. The van der Waals surface area contributed by atoms with E-state index < -0.39 is 24.5 Å². The van der Waals surface area contributed by atoms with Crippen LogP contribution >= 0.6 is 0 Å². The number of carbonyl (C=O) groups excluding carboxylic acids is 1. The minimum absolute atomic E-state index is 0.213. The summed E-state index contributed by atoms with van der Waals surface area (Å²) >= 11 is 0. The van der Waals surface area contributed by atoms with Crippen molar-refractivity contribution in [2.24, 2.45) is 0 Å². The van der Waals surface area contributed by atoms with E-state index in [2.05, 4.69) is 9.57 Å². The lowest BCUT2D eigenvalue weighted by molar-refractivity contribution is -0.312. The van der Waals surface area contributed by atoms with Gasteiger partial charge in [-0.05, 0) is 6.92 Å². The first kappa shape index (κ1) is 15.8. The number of alkyl halides is 6. The Labute approximate surface area is 92.0 Å². The van der Waals surface area contributed by atoms with Gasteiger partial charge < -0.3 is 4.74 Å². The zero-order valence-electron chi connectivity index (χ0n) is 8.72. The smallest absolute Gasteiger partial charge is 0.425 e. The van der Waals surface area contributed by atoms with Crippen LogP contribution in [0.25, 0.3) is 0 Å². The molecule has 17 heavy (non-hydrogen) atoms. The number of carbonyl (C=O) groups is 1. The summed E-state index contributed by atoms with van der Waals surface area (Å²) in [4.78, 5) is 15.1. The zero-order chi connectivity index (χ0) is 13.9. The van der Waals surface area contributed by atoms with E-state index in [9.17, 15) is 31.1 Å². The van der Waals surface area contributed by atoms with Gasteiger partial charge in [-0.3, -0.25) is 4.84 Å². The highest BCUT2D eigenvalue weighted by atomic mass is 19.4. The average molecular weight is 269 g/mol. The third kappa shape index (κ3) is 4.67. The molecule has 0 aliphatic carbocycles. The summed E-state index contributed by atoms with van der Waals surface area (Å²) in [5.41, 5.74) is 0. The second kappa shape index (κ2) is 5.43. The Balaban J connectivity index is 4.85. The summed E-state index contributed by atoms with van der Waals surface area (Å²) in [6.07, 6.45) is -17.5. The summed E-state index contributed by atoms with van der Waals surface area (Å²) in [7, 11) is 0.904. The highest BCUT2D eigenvalue weighted by molar-refractivity contribution is 5.66. The van der Waals surface area contributed by atoms with Crippen LogP contribution < -0.4 is 0 Å². The summed E-state index contributed by atoms with van der Waals surface area (Å²) in [6, 6.07) is 0. The van der Waals surface area contributed by atoms with Gasteiger partial charge in [-0.15, -0.1) is 0 Å². The largest absolute Gasteiger partial charge is 0.434 e. The molecule has 10 heteroatoms. The molecule has 0 spiro atoms. The molecule has 0 aromatic rings. The first-order valence-corrected chi connectivity index (χ1v) is 4.19. The number of hydrogen-bond donors (Lipinski definition) is 0. The Morgan fingerprint density at radius 1 is 1.18 bits per heavy atom. The van der Waals surface area contributed by atoms with Crippen LogP contribution in [0.4, 0.5) is 31.1 Å². The van der Waals surface area contributed by atoms with Gasteiger partial charge >= 0.3 is 18.4 Å². The average Bonchev–Trinajstić information content (AvgIpc) is 2.12. The molecule has 0 aliphatic rings. The fourth-order valence-corrected chi connectivity index (χ4v) is 0.812. The molecular weight excluding hydrogens is 260 g/mol. The maximum atomic E-state index is 12.0. The molecule has 0 aromatic heterocycles. The van der Waals surface area contributed by atoms with Crippen molar-refractivity contribution in [1.82, 2.24) is 5.06 Å². The summed E-state index contributed by atoms with van der Waals surface area (Å²) < 4.78 is 75.3. The lowest BCUT2D eigenvalue weighted by atomic mass is 10.3. The molecule has 0 radical (unpaired) electrons. The van der Waals surface area contributed by atoms with Gasteiger partial charge in [0, 0.05) is 6.54 Å². The van der Waals surface area contributed by atoms with Crippen LogP contribution in [0.15, 0.2) is 0 Å². The topological polar surface area (TPSA) is 38.8 Å². The molecular formula is C7H9F6NO3. The second-order valence-corrected chi connectivity index (χ2v) is 2.72. The Morgan fingerprint density at radius 2 is 1.59 bits per heavy atom. The lowest BCUT2D eigenvalue weighted by Gasteiger charge is -2.25. The van der Waals surface area contributed by atoms with Gasteiger partial charge in [0.15, 0.2) is 0 Å². The van der Waals surface area contributed by atoms with Crippen molar-refractivity contribution >= 4 is 6.09 Å². The summed E-state index contributed by atoms with van der Waals surface area (Å²) in [5, 5.41) is 0.213. The molecule has 0 bridgehead atoms. The molecule has 102 valence electrons. The van der Waals surface area contributed by atoms with Gasteiger partial charge in [0.1, 0.15) is 0 Å². The fraction of sp³-hybridized carbons (Fsp3) is 0.857. The summed E-state index contributed by atoms with van der Waals surface area (Å²) in [6.45, 7) is 1.01. The number of nitrogens with zero attached hydrogens (tertiary/aromatic N) is 1. The maximum Gasteiger partial charge on any atom is 0.434 e. The molecule has 0 heterocycles. The van der Waals surface area contributed by atoms with Gasteiger partial charge in [0.2, 0.25) is 0 Å². The quantitative estimate of drug-likeness (QED) is 0.583. The highest BCUT2D eigenvalue weighted by Gasteiger charge is 2.60. The molecule has 0 fully saturated rings. The van der Waals surface area contributed by atoms with E-state index >= 15 is 0 Å². The normalized spacial score (nSPS) is 12.8. The molecule has 0 aliphatic heterocycles. The SMILES string of the molecule is CCN(OC)C(=O)OC(C(F)(F)F)C(F)(F)F. The maximum absolute atomic E-state index is 12.0.